The van der Waals surface area contributed by atoms with Gasteiger partial charge in [0.2, 0.25) is 0 Å². The van der Waals surface area contributed by atoms with Gasteiger partial charge in [-0.3, -0.25) is 9.97 Å². The number of pyridine rings is 2. The van der Waals surface area contributed by atoms with Crippen molar-refractivity contribution >= 4 is 5.57 Å². The molecular formula is C15H12N2Rh. The predicted molar refractivity (Wildman–Crippen MR) is 69.2 cm³/mol. The normalized spacial score (nSPS) is 13.0. The van der Waals surface area contributed by atoms with Gasteiger partial charge >= 0.3 is 0 Å². The first kappa shape index (κ1) is 12.8. The van der Waals surface area contributed by atoms with Crippen molar-refractivity contribution in [2.45, 2.75) is 6.42 Å². The van der Waals surface area contributed by atoms with Gasteiger partial charge in [-0.15, -0.1) is 0 Å². The molecule has 0 N–H and O–H groups in total. The first-order valence-electron chi connectivity index (χ1n) is 5.67. The van der Waals surface area contributed by atoms with Gasteiger partial charge in [0, 0.05) is 37.4 Å². The first-order chi connectivity index (χ1) is 8.45. The molecule has 2 aromatic heterocycles. The largest absolute Gasteiger partial charge is 0.255 e. The average Bonchev–Trinajstić information content (AvgIpc) is 2.94. The fourth-order valence-corrected chi connectivity index (χ4v) is 2.02. The van der Waals surface area contributed by atoms with Crippen LogP contribution in [0.1, 0.15) is 12.0 Å². The van der Waals surface area contributed by atoms with Crippen molar-refractivity contribution in [2.24, 2.45) is 0 Å². The molecule has 0 amide bonds. The van der Waals surface area contributed by atoms with Gasteiger partial charge in [0.1, 0.15) is 0 Å². The summed E-state index contributed by atoms with van der Waals surface area (Å²) in [5, 5.41) is 0. The quantitative estimate of drug-likeness (QED) is 0.791. The third-order valence-corrected chi connectivity index (χ3v) is 2.83. The van der Waals surface area contributed by atoms with E-state index in [9.17, 15) is 0 Å². The second-order valence-corrected chi connectivity index (χ2v) is 3.94. The Balaban J connectivity index is 0.00000120. The standard InChI is InChI=1S/C15H12N2.Rh/c1-2-7-12(6-1)13-8-5-11-17-15(13)14-9-3-4-10-16-14;/h1-6,8-11H,7H2;. The predicted octanol–water partition coefficient (Wildman–Crippen LogP) is 3.48. The van der Waals surface area contributed by atoms with Crippen molar-refractivity contribution in [1.29, 1.82) is 0 Å². The second-order valence-electron chi connectivity index (χ2n) is 3.94. The monoisotopic (exact) mass is 323 g/mol. The fourth-order valence-electron chi connectivity index (χ4n) is 2.02. The molecule has 18 heavy (non-hydrogen) atoms. The van der Waals surface area contributed by atoms with Crippen molar-refractivity contribution in [3.8, 4) is 11.4 Å². The van der Waals surface area contributed by atoms with E-state index in [0.717, 1.165) is 17.8 Å². The Kier molecular flexibility index (Phi) is 4.16. The average molecular weight is 323 g/mol. The maximum atomic E-state index is 4.46. The van der Waals surface area contributed by atoms with Crippen LogP contribution in [0.25, 0.3) is 17.0 Å². The summed E-state index contributed by atoms with van der Waals surface area (Å²) in [7, 11) is 0. The van der Waals surface area contributed by atoms with Gasteiger partial charge in [-0.25, -0.2) is 0 Å². The van der Waals surface area contributed by atoms with Crippen LogP contribution in [0.15, 0.2) is 61.0 Å². The molecule has 1 radical (unpaired) electrons. The fraction of sp³-hybridized carbons (Fsp3) is 0.0667. The van der Waals surface area contributed by atoms with Gasteiger partial charge < -0.3 is 0 Å². The molecule has 0 bridgehead atoms. The van der Waals surface area contributed by atoms with E-state index in [1.807, 2.05) is 30.5 Å². The van der Waals surface area contributed by atoms with Gasteiger partial charge in [-0.05, 0) is 30.2 Å². The smallest absolute Gasteiger partial charge is 0.0961 e. The number of nitrogens with zero attached hydrogens (tertiary/aromatic N) is 2. The SMILES string of the molecule is C1=CCC(c2cccnc2-c2ccccn2)=C1.[Rh]. The van der Waals surface area contributed by atoms with E-state index in [1.165, 1.54) is 11.1 Å². The Hall–Kier alpha value is -1.60. The Morgan fingerprint density at radius 2 is 1.83 bits per heavy atom. The van der Waals surface area contributed by atoms with Crippen LogP contribution >= 0.6 is 0 Å². The number of allylic oxidation sites excluding steroid dienone is 4. The number of aromatic nitrogens is 2. The van der Waals surface area contributed by atoms with Gasteiger partial charge in [0.05, 0.1) is 11.4 Å². The summed E-state index contributed by atoms with van der Waals surface area (Å²) in [6.07, 6.45) is 11.0. The third-order valence-electron chi connectivity index (χ3n) is 2.83. The minimum atomic E-state index is 0. The molecule has 2 nitrogen and oxygen atoms in total. The van der Waals surface area contributed by atoms with Gasteiger partial charge in [0.15, 0.2) is 0 Å². The van der Waals surface area contributed by atoms with Crippen LogP contribution in [0.3, 0.4) is 0 Å². The van der Waals surface area contributed by atoms with Gasteiger partial charge in [-0.2, -0.15) is 0 Å². The molecule has 0 unspecified atom stereocenters. The number of hydrogen-bond donors (Lipinski definition) is 0. The maximum absolute atomic E-state index is 4.46. The minimum Gasteiger partial charge on any atom is -0.255 e. The zero-order valence-electron chi connectivity index (χ0n) is 9.71. The molecule has 0 saturated carbocycles. The van der Waals surface area contributed by atoms with Crippen LogP contribution in [0.5, 0.6) is 0 Å². The molecule has 3 rings (SSSR count). The van der Waals surface area contributed by atoms with Crippen LogP contribution < -0.4 is 0 Å². The summed E-state index contributed by atoms with van der Waals surface area (Å²) in [6.45, 7) is 0. The molecule has 2 aromatic rings. The van der Waals surface area contributed by atoms with Gasteiger partial charge in [-0.1, -0.05) is 30.4 Å². The molecule has 2 heterocycles. The molecule has 91 valence electrons. The molecule has 0 aliphatic heterocycles. The molecule has 0 aromatic carbocycles. The van der Waals surface area contributed by atoms with Crippen LogP contribution in [-0.2, 0) is 19.5 Å². The van der Waals surface area contributed by atoms with E-state index in [1.54, 1.807) is 6.20 Å². The first-order valence-corrected chi connectivity index (χ1v) is 5.67. The summed E-state index contributed by atoms with van der Waals surface area (Å²) < 4.78 is 0. The molecule has 0 spiro atoms. The van der Waals surface area contributed by atoms with Crippen molar-refractivity contribution in [2.75, 3.05) is 0 Å². The molecule has 1 aliphatic carbocycles. The molecule has 0 saturated heterocycles. The Morgan fingerprint density at radius 3 is 2.56 bits per heavy atom. The molecule has 3 heteroatoms. The van der Waals surface area contributed by atoms with E-state index in [0.29, 0.717) is 0 Å². The topological polar surface area (TPSA) is 25.8 Å². The van der Waals surface area contributed by atoms with E-state index >= 15 is 0 Å². The third kappa shape index (κ3) is 2.46. The van der Waals surface area contributed by atoms with E-state index in [-0.39, 0.29) is 19.5 Å². The molecular weight excluding hydrogens is 311 g/mol. The van der Waals surface area contributed by atoms with E-state index in [2.05, 4.69) is 34.3 Å². The Bertz CT molecular complexity index is 588. The molecule has 0 atom stereocenters. The Labute approximate surface area is 119 Å². The maximum Gasteiger partial charge on any atom is 0.0961 e. The van der Waals surface area contributed by atoms with Crippen molar-refractivity contribution in [1.82, 2.24) is 9.97 Å². The van der Waals surface area contributed by atoms with Crippen molar-refractivity contribution in [3.63, 3.8) is 0 Å². The van der Waals surface area contributed by atoms with Crippen molar-refractivity contribution < 1.29 is 19.5 Å². The Morgan fingerprint density at radius 1 is 0.944 bits per heavy atom. The van der Waals surface area contributed by atoms with Crippen LogP contribution in [0, 0.1) is 0 Å². The van der Waals surface area contributed by atoms with Crippen LogP contribution in [-0.4, -0.2) is 9.97 Å². The summed E-state index contributed by atoms with van der Waals surface area (Å²) in [6, 6.07) is 9.98. The summed E-state index contributed by atoms with van der Waals surface area (Å²) in [4.78, 5) is 8.83. The summed E-state index contributed by atoms with van der Waals surface area (Å²) in [5.74, 6) is 0. The van der Waals surface area contributed by atoms with Crippen molar-refractivity contribution in [3.05, 3.63) is 66.5 Å². The summed E-state index contributed by atoms with van der Waals surface area (Å²) in [5.41, 5.74) is 4.37. The zero-order chi connectivity index (χ0) is 11.5. The number of rotatable bonds is 2. The van der Waals surface area contributed by atoms with Crippen LogP contribution in [0.2, 0.25) is 0 Å². The number of hydrogen-bond acceptors (Lipinski definition) is 2. The zero-order valence-corrected chi connectivity index (χ0v) is 11.3. The minimum absolute atomic E-state index is 0. The van der Waals surface area contributed by atoms with Crippen LogP contribution in [0.4, 0.5) is 0 Å². The van der Waals surface area contributed by atoms with E-state index < -0.39 is 0 Å². The molecule has 1 aliphatic rings. The van der Waals surface area contributed by atoms with E-state index in [4.69, 9.17) is 0 Å². The molecule has 0 fully saturated rings. The summed E-state index contributed by atoms with van der Waals surface area (Å²) >= 11 is 0. The van der Waals surface area contributed by atoms with Gasteiger partial charge in [0.25, 0.3) is 0 Å². The second kappa shape index (κ2) is 5.83.